The molecule has 0 radical (unpaired) electrons. The first kappa shape index (κ1) is 10.9. The van der Waals surface area contributed by atoms with E-state index in [0.717, 1.165) is 0 Å². The van der Waals surface area contributed by atoms with Crippen LogP contribution in [0.3, 0.4) is 0 Å². The average Bonchev–Trinajstić information content (AvgIpc) is 2.63. The Morgan fingerprint density at radius 2 is 2.19 bits per heavy atom. The van der Waals surface area contributed by atoms with Gasteiger partial charge in [-0.25, -0.2) is 9.97 Å². The van der Waals surface area contributed by atoms with Gasteiger partial charge in [0, 0.05) is 6.20 Å². The molecule has 2 rings (SSSR count). The second-order valence-corrected chi connectivity index (χ2v) is 4.38. The number of carbonyl (C=O) groups is 1. The molecule has 2 aromatic rings. The van der Waals surface area contributed by atoms with E-state index in [2.05, 4.69) is 15.0 Å². The number of nitrogens with one attached hydrogen (secondary N) is 1. The second kappa shape index (κ2) is 3.45. The number of hydrogen-bond donors (Lipinski definition) is 2. The fourth-order valence-electron chi connectivity index (χ4n) is 1.53. The molecule has 16 heavy (non-hydrogen) atoms. The number of fused-ring (bicyclic) bond motifs is 1. The summed E-state index contributed by atoms with van der Waals surface area (Å²) in [5, 5.41) is 9.99. The minimum absolute atomic E-state index is 0.260. The van der Waals surface area contributed by atoms with E-state index in [1.807, 2.05) is 0 Å². The van der Waals surface area contributed by atoms with Crippen molar-refractivity contribution < 1.29 is 9.90 Å². The quantitative estimate of drug-likeness (QED) is 0.786. The van der Waals surface area contributed by atoms with Crippen LogP contribution in [0.2, 0.25) is 5.15 Å². The number of carboxylic acids is 1. The molecule has 84 valence electrons. The van der Waals surface area contributed by atoms with Crippen LogP contribution in [0.5, 0.6) is 0 Å². The molecule has 0 unspecified atom stereocenters. The van der Waals surface area contributed by atoms with Crippen LogP contribution >= 0.6 is 11.6 Å². The van der Waals surface area contributed by atoms with Gasteiger partial charge in [-0.3, -0.25) is 4.79 Å². The van der Waals surface area contributed by atoms with Crippen molar-refractivity contribution in [1.82, 2.24) is 15.0 Å². The van der Waals surface area contributed by atoms with E-state index in [1.165, 1.54) is 6.33 Å². The Kier molecular flexibility index (Phi) is 2.35. The third-order valence-electron chi connectivity index (χ3n) is 2.63. The molecule has 0 saturated heterocycles. The fourth-order valence-corrected chi connectivity index (χ4v) is 1.77. The van der Waals surface area contributed by atoms with E-state index in [1.54, 1.807) is 20.0 Å². The van der Waals surface area contributed by atoms with Crippen LogP contribution < -0.4 is 0 Å². The van der Waals surface area contributed by atoms with Crippen LogP contribution in [0.15, 0.2) is 12.5 Å². The van der Waals surface area contributed by atoms with Gasteiger partial charge in [0.1, 0.15) is 17.1 Å². The summed E-state index contributed by atoms with van der Waals surface area (Å²) >= 11 is 5.95. The average molecular weight is 240 g/mol. The number of aromatic amines is 1. The summed E-state index contributed by atoms with van der Waals surface area (Å²) in [7, 11) is 0. The van der Waals surface area contributed by atoms with Gasteiger partial charge in [-0.15, -0.1) is 0 Å². The van der Waals surface area contributed by atoms with Crippen molar-refractivity contribution in [2.75, 3.05) is 0 Å². The lowest BCUT2D eigenvalue weighted by Gasteiger charge is -2.18. The van der Waals surface area contributed by atoms with Crippen LogP contribution in [0.25, 0.3) is 11.0 Å². The molecule has 0 aliphatic heterocycles. The molecule has 0 aromatic carbocycles. The molecule has 0 aliphatic rings. The summed E-state index contributed by atoms with van der Waals surface area (Å²) in [6.07, 6.45) is 2.94. The number of rotatable bonds is 2. The Labute approximate surface area is 96.5 Å². The Balaban J connectivity index is 2.76. The van der Waals surface area contributed by atoms with E-state index in [0.29, 0.717) is 16.6 Å². The van der Waals surface area contributed by atoms with Crippen molar-refractivity contribution in [2.24, 2.45) is 0 Å². The number of carboxylic acid groups (broad SMARTS) is 1. The molecule has 2 aromatic heterocycles. The van der Waals surface area contributed by atoms with E-state index >= 15 is 0 Å². The van der Waals surface area contributed by atoms with Gasteiger partial charge >= 0.3 is 5.97 Å². The van der Waals surface area contributed by atoms with Crippen molar-refractivity contribution in [3.63, 3.8) is 0 Å². The molecule has 0 amide bonds. The van der Waals surface area contributed by atoms with Gasteiger partial charge in [0.25, 0.3) is 0 Å². The first-order chi connectivity index (χ1) is 7.44. The summed E-state index contributed by atoms with van der Waals surface area (Å²) < 4.78 is 0. The Morgan fingerprint density at radius 1 is 1.50 bits per heavy atom. The molecule has 0 saturated carbocycles. The lowest BCUT2D eigenvalue weighted by Crippen LogP contribution is -2.28. The van der Waals surface area contributed by atoms with Crippen molar-refractivity contribution in [3.8, 4) is 0 Å². The van der Waals surface area contributed by atoms with Crippen LogP contribution in [0, 0.1) is 0 Å². The number of aliphatic carboxylic acids is 1. The molecule has 5 nitrogen and oxygen atoms in total. The minimum Gasteiger partial charge on any atom is -0.481 e. The van der Waals surface area contributed by atoms with Gasteiger partial charge in [-0.2, -0.15) is 0 Å². The smallest absolute Gasteiger partial charge is 0.313 e. The zero-order valence-corrected chi connectivity index (χ0v) is 9.54. The largest absolute Gasteiger partial charge is 0.481 e. The number of nitrogens with zero attached hydrogens (tertiary/aromatic N) is 2. The van der Waals surface area contributed by atoms with E-state index in [-0.39, 0.29) is 5.15 Å². The Bertz CT molecular complexity index is 562. The summed E-state index contributed by atoms with van der Waals surface area (Å²) in [6.45, 7) is 3.22. The summed E-state index contributed by atoms with van der Waals surface area (Å²) in [5.74, 6) is -0.923. The Hall–Kier alpha value is -1.62. The monoisotopic (exact) mass is 239 g/mol. The van der Waals surface area contributed by atoms with E-state index < -0.39 is 11.4 Å². The van der Waals surface area contributed by atoms with Gasteiger partial charge in [0.15, 0.2) is 0 Å². The lowest BCUT2D eigenvalue weighted by molar-refractivity contribution is -0.142. The molecule has 6 heteroatoms. The maximum Gasteiger partial charge on any atom is 0.313 e. The number of H-pyrrole nitrogens is 1. The fraction of sp³-hybridized carbons (Fsp3) is 0.300. The third-order valence-corrected chi connectivity index (χ3v) is 2.92. The molecular formula is C10H10ClN3O2. The zero-order valence-electron chi connectivity index (χ0n) is 8.78. The lowest BCUT2D eigenvalue weighted by atomic mass is 9.85. The van der Waals surface area contributed by atoms with Crippen LogP contribution in [0.4, 0.5) is 0 Å². The molecule has 2 N–H and O–H groups in total. The molecule has 0 atom stereocenters. The first-order valence-corrected chi connectivity index (χ1v) is 5.04. The minimum atomic E-state index is -1.04. The highest BCUT2D eigenvalue weighted by Gasteiger charge is 2.33. The van der Waals surface area contributed by atoms with Gasteiger partial charge in [-0.1, -0.05) is 11.6 Å². The highest BCUT2D eigenvalue weighted by atomic mass is 35.5. The van der Waals surface area contributed by atoms with Gasteiger partial charge < -0.3 is 10.1 Å². The standard InChI is InChI=1S/C10H10ClN3O2/c1-10(2,9(15)16)5-3-12-8-6(5)7(11)13-4-14-8/h3-4H,1-2H3,(H,15,16)(H,12,13,14). The highest BCUT2D eigenvalue weighted by molar-refractivity contribution is 6.34. The van der Waals surface area contributed by atoms with Crippen LogP contribution in [-0.2, 0) is 10.2 Å². The van der Waals surface area contributed by atoms with Crippen LogP contribution in [0.1, 0.15) is 19.4 Å². The predicted octanol–water partition coefficient (Wildman–Crippen LogP) is 1.97. The summed E-state index contributed by atoms with van der Waals surface area (Å²) in [4.78, 5) is 21.9. The molecule has 0 aliphatic carbocycles. The predicted molar refractivity (Wildman–Crippen MR) is 59.6 cm³/mol. The normalized spacial score (nSPS) is 11.9. The molecule has 2 heterocycles. The summed E-state index contributed by atoms with van der Waals surface area (Å²) in [5.41, 5.74) is 0.0944. The highest BCUT2D eigenvalue weighted by Crippen LogP contribution is 2.32. The molecule has 0 fully saturated rings. The number of aromatic nitrogens is 3. The van der Waals surface area contributed by atoms with E-state index in [9.17, 15) is 4.79 Å². The van der Waals surface area contributed by atoms with Crippen molar-refractivity contribution in [2.45, 2.75) is 19.3 Å². The maximum atomic E-state index is 11.2. The topological polar surface area (TPSA) is 78.9 Å². The SMILES string of the molecule is CC(C)(C(=O)O)c1c[nH]c2ncnc(Cl)c12. The second-order valence-electron chi connectivity index (χ2n) is 4.02. The van der Waals surface area contributed by atoms with Crippen LogP contribution in [-0.4, -0.2) is 26.0 Å². The van der Waals surface area contributed by atoms with Crippen molar-refractivity contribution in [3.05, 3.63) is 23.2 Å². The molecule has 0 spiro atoms. The van der Waals surface area contributed by atoms with E-state index in [4.69, 9.17) is 16.7 Å². The number of hydrogen-bond acceptors (Lipinski definition) is 3. The first-order valence-electron chi connectivity index (χ1n) is 4.66. The van der Waals surface area contributed by atoms with Crippen molar-refractivity contribution >= 4 is 28.6 Å². The molecular weight excluding hydrogens is 230 g/mol. The third kappa shape index (κ3) is 1.44. The van der Waals surface area contributed by atoms with Gasteiger partial charge in [-0.05, 0) is 19.4 Å². The van der Waals surface area contributed by atoms with Gasteiger partial charge in [0.2, 0.25) is 0 Å². The molecule has 0 bridgehead atoms. The maximum absolute atomic E-state index is 11.2. The van der Waals surface area contributed by atoms with Gasteiger partial charge in [0.05, 0.1) is 10.8 Å². The summed E-state index contributed by atoms with van der Waals surface area (Å²) in [6, 6.07) is 0. The zero-order chi connectivity index (χ0) is 11.9. The Morgan fingerprint density at radius 3 is 2.81 bits per heavy atom. The van der Waals surface area contributed by atoms with Crippen molar-refractivity contribution in [1.29, 1.82) is 0 Å². The number of halogens is 1.